The molecule has 0 aromatic heterocycles. The van der Waals surface area contributed by atoms with Crippen molar-refractivity contribution in [2.45, 2.75) is 129 Å². The van der Waals surface area contributed by atoms with E-state index in [1.165, 1.54) is 0 Å². The van der Waals surface area contributed by atoms with Gasteiger partial charge in [0.2, 0.25) is 0 Å². The molecule has 4 atom stereocenters. The van der Waals surface area contributed by atoms with Gasteiger partial charge in [-0.3, -0.25) is 4.90 Å². The lowest BCUT2D eigenvalue weighted by molar-refractivity contribution is -0.181. The molecule has 0 unspecified atom stereocenters. The molecule has 2 aliphatic rings. The Bertz CT molecular complexity index is 938. The SMILES string of the molecule is CC1(C)O[C@@H]2[C@@H](O[Si](C)(C)C(C)(C)C)[C@H](CO[Si](C)(C)C(C)(C)C)N(C(=O)OCc3ccccc3)[C@@H]2O1. The maximum absolute atomic E-state index is 13.7. The number of carbonyl (C=O) groups excluding carboxylic acids is 1. The largest absolute Gasteiger partial charge is 0.444 e. The van der Waals surface area contributed by atoms with Crippen LogP contribution >= 0.6 is 0 Å². The van der Waals surface area contributed by atoms with Crippen LogP contribution in [0.1, 0.15) is 61.0 Å². The highest BCUT2D eigenvalue weighted by molar-refractivity contribution is 6.74. The van der Waals surface area contributed by atoms with Crippen LogP contribution in [0.3, 0.4) is 0 Å². The van der Waals surface area contributed by atoms with Gasteiger partial charge in [-0.15, -0.1) is 0 Å². The average molecular weight is 552 g/mol. The van der Waals surface area contributed by atoms with E-state index in [4.69, 9.17) is 23.1 Å². The number of benzene rings is 1. The van der Waals surface area contributed by atoms with E-state index in [1.54, 1.807) is 4.90 Å². The van der Waals surface area contributed by atoms with Gasteiger partial charge in [0.25, 0.3) is 0 Å². The minimum atomic E-state index is -2.22. The molecular formula is C28H49NO6Si2. The summed E-state index contributed by atoms with van der Waals surface area (Å²) in [6.07, 6.45) is -1.87. The van der Waals surface area contributed by atoms with Gasteiger partial charge in [-0.1, -0.05) is 71.9 Å². The molecule has 0 bridgehead atoms. The molecule has 1 amide bonds. The summed E-state index contributed by atoms with van der Waals surface area (Å²) < 4.78 is 32.2. The van der Waals surface area contributed by atoms with Crippen LogP contribution in [0, 0.1) is 0 Å². The third-order valence-corrected chi connectivity index (χ3v) is 17.5. The number of hydrogen-bond donors (Lipinski definition) is 0. The second kappa shape index (κ2) is 10.4. The molecule has 0 saturated carbocycles. The molecule has 1 aromatic carbocycles. The summed E-state index contributed by atoms with van der Waals surface area (Å²) in [7, 11) is -4.33. The number of nitrogens with zero attached hydrogens (tertiary/aromatic N) is 1. The van der Waals surface area contributed by atoms with Gasteiger partial charge in [0.1, 0.15) is 12.7 Å². The fourth-order valence-corrected chi connectivity index (χ4v) is 6.51. The van der Waals surface area contributed by atoms with Gasteiger partial charge < -0.3 is 23.1 Å². The van der Waals surface area contributed by atoms with E-state index in [1.807, 2.05) is 44.2 Å². The summed E-state index contributed by atoms with van der Waals surface area (Å²) in [6, 6.07) is 9.31. The van der Waals surface area contributed by atoms with E-state index in [0.717, 1.165) is 5.56 Å². The molecule has 37 heavy (non-hydrogen) atoms. The van der Waals surface area contributed by atoms with E-state index in [9.17, 15) is 4.79 Å². The smallest absolute Gasteiger partial charge is 0.412 e. The van der Waals surface area contributed by atoms with Crippen LogP contribution in [0.15, 0.2) is 30.3 Å². The van der Waals surface area contributed by atoms with E-state index in [-0.39, 0.29) is 22.8 Å². The Morgan fingerprint density at radius 1 is 0.946 bits per heavy atom. The van der Waals surface area contributed by atoms with Crippen molar-refractivity contribution in [3.8, 4) is 0 Å². The molecule has 1 aromatic rings. The Labute approximate surface area is 226 Å². The minimum absolute atomic E-state index is 0.0104. The predicted molar refractivity (Wildman–Crippen MR) is 151 cm³/mol. The highest BCUT2D eigenvalue weighted by atomic mass is 28.4. The lowest BCUT2D eigenvalue weighted by atomic mass is 10.1. The Kier molecular flexibility index (Phi) is 8.51. The van der Waals surface area contributed by atoms with Gasteiger partial charge in [0, 0.05) is 0 Å². The quantitative estimate of drug-likeness (QED) is 0.344. The van der Waals surface area contributed by atoms with Crippen LogP contribution in [-0.4, -0.2) is 64.5 Å². The van der Waals surface area contributed by atoms with Crippen molar-refractivity contribution < 1.29 is 27.9 Å². The Morgan fingerprint density at radius 3 is 2.05 bits per heavy atom. The Balaban J connectivity index is 1.95. The van der Waals surface area contributed by atoms with Crippen molar-refractivity contribution >= 4 is 22.7 Å². The van der Waals surface area contributed by atoms with Crippen molar-refractivity contribution in [3.63, 3.8) is 0 Å². The van der Waals surface area contributed by atoms with Crippen molar-refractivity contribution in [1.82, 2.24) is 4.90 Å². The van der Waals surface area contributed by atoms with Crippen molar-refractivity contribution in [3.05, 3.63) is 35.9 Å². The predicted octanol–water partition coefficient (Wildman–Crippen LogP) is 6.90. The summed E-state index contributed by atoms with van der Waals surface area (Å²) in [6.45, 7) is 26.5. The first-order valence-corrected chi connectivity index (χ1v) is 19.2. The van der Waals surface area contributed by atoms with Gasteiger partial charge in [-0.05, 0) is 55.7 Å². The Hall–Kier alpha value is -1.24. The number of rotatable bonds is 7. The van der Waals surface area contributed by atoms with Crippen molar-refractivity contribution in [2.75, 3.05) is 6.61 Å². The van der Waals surface area contributed by atoms with Crippen LogP contribution in [0.25, 0.3) is 0 Å². The molecule has 0 radical (unpaired) electrons. The van der Waals surface area contributed by atoms with Crippen LogP contribution in [0.5, 0.6) is 0 Å². The lowest BCUT2D eigenvalue weighted by Crippen LogP contribution is -2.54. The molecule has 9 heteroatoms. The molecule has 0 spiro atoms. The summed E-state index contributed by atoms with van der Waals surface area (Å²) >= 11 is 0. The van der Waals surface area contributed by atoms with Crippen LogP contribution in [-0.2, 0) is 29.7 Å². The Morgan fingerprint density at radius 2 is 1.51 bits per heavy atom. The first-order chi connectivity index (χ1) is 16.8. The molecule has 2 fully saturated rings. The number of carbonyl (C=O) groups is 1. The standard InChI is InChI=1S/C28H49NO6Si2/c1-26(2,3)36(9,10)32-19-21-22(35-37(11,12)27(4,5)6)23-24(34-28(7,8)33-23)29(21)25(30)31-18-20-16-14-13-15-17-20/h13-17,21-24H,18-19H2,1-12H3/t21-,22-,23+,24+/m0/s1. The van der Waals surface area contributed by atoms with E-state index >= 15 is 0 Å². The monoisotopic (exact) mass is 551 g/mol. The second-order valence-corrected chi connectivity index (χ2v) is 23.5. The summed E-state index contributed by atoms with van der Waals surface area (Å²) in [4.78, 5) is 15.4. The third-order valence-electron chi connectivity index (χ3n) is 8.51. The highest BCUT2D eigenvalue weighted by Crippen LogP contribution is 2.46. The molecule has 2 aliphatic heterocycles. The lowest BCUT2D eigenvalue weighted by Gasteiger charge is -2.43. The maximum Gasteiger partial charge on any atom is 0.412 e. The number of likely N-dealkylation sites (tertiary alicyclic amines) is 1. The maximum atomic E-state index is 13.7. The van der Waals surface area contributed by atoms with Gasteiger partial charge >= 0.3 is 6.09 Å². The zero-order valence-corrected chi connectivity index (χ0v) is 27.0. The molecule has 2 heterocycles. The molecule has 2 saturated heterocycles. The van der Waals surface area contributed by atoms with Crippen LogP contribution < -0.4 is 0 Å². The molecule has 0 N–H and O–H groups in total. The minimum Gasteiger partial charge on any atom is -0.444 e. The van der Waals surface area contributed by atoms with Gasteiger partial charge in [-0.2, -0.15) is 0 Å². The molecule has 0 aliphatic carbocycles. The molecule has 7 nitrogen and oxygen atoms in total. The van der Waals surface area contributed by atoms with Gasteiger partial charge in [0.05, 0.1) is 18.8 Å². The van der Waals surface area contributed by atoms with Crippen LogP contribution in [0.2, 0.25) is 36.3 Å². The summed E-state index contributed by atoms with van der Waals surface area (Å²) in [5.41, 5.74) is 0.929. The number of fused-ring (bicyclic) bond motifs is 1. The van der Waals surface area contributed by atoms with Gasteiger partial charge in [-0.25, -0.2) is 4.79 Å². The van der Waals surface area contributed by atoms with E-state index in [0.29, 0.717) is 6.61 Å². The second-order valence-electron chi connectivity index (χ2n) is 13.9. The fourth-order valence-electron chi connectivity index (χ4n) is 4.16. The first kappa shape index (κ1) is 30.3. The molecule has 3 rings (SSSR count). The fraction of sp³-hybridized carbons (Fsp3) is 0.750. The van der Waals surface area contributed by atoms with E-state index in [2.05, 4.69) is 67.7 Å². The van der Waals surface area contributed by atoms with Crippen molar-refractivity contribution in [2.24, 2.45) is 0 Å². The van der Waals surface area contributed by atoms with Crippen molar-refractivity contribution in [1.29, 1.82) is 0 Å². The van der Waals surface area contributed by atoms with Gasteiger partial charge in [0.15, 0.2) is 28.6 Å². The topological polar surface area (TPSA) is 66.5 Å². The number of ether oxygens (including phenoxy) is 3. The molecule has 210 valence electrons. The van der Waals surface area contributed by atoms with Crippen LogP contribution in [0.4, 0.5) is 4.79 Å². The summed E-state index contributed by atoms with van der Waals surface area (Å²) in [5, 5.41) is 0.0223. The average Bonchev–Trinajstić information content (AvgIpc) is 3.19. The summed E-state index contributed by atoms with van der Waals surface area (Å²) in [5.74, 6) is -0.840. The normalized spacial score (nSPS) is 26.3. The molecular weight excluding hydrogens is 502 g/mol. The third kappa shape index (κ3) is 6.68. The zero-order valence-electron chi connectivity index (χ0n) is 25.0. The first-order valence-electron chi connectivity index (χ1n) is 13.4. The number of amides is 1. The highest BCUT2D eigenvalue weighted by Gasteiger charge is 2.62. The van der Waals surface area contributed by atoms with E-state index < -0.39 is 46.9 Å². The zero-order chi connectivity index (χ0) is 28.0. The number of hydrogen-bond acceptors (Lipinski definition) is 6.